The number of nitrogens with zero attached hydrogens (tertiary/aromatic N) is 5. The number of hydrogen-bond donors (Lipinski definition) is 1. The van der Waals surface area contributed by atoms with E-state index in [0.29, 0.717) is 49.8 Å². The van der Waals surface area contributed by atoms with Gasteiger partial charge in [0.2, 0.25) is 0 Å². The number of nitrogens with one attached hydrogen (secondary N) is 1. The van der Waals surface area contributed by atoms with Crippen molar-refractivity contribution in [1.29, 1.82) is 5.26 Å². The van der Waals surface area contributed by atoms with E-state index in [1.807, 2.05) is 0 Å². The van der Waals surface area contributed by atoms with Gasteiger partial charge in [-0.2, -0.15) is 15.5 Å². The molecule has 1 N–H and O–H groups in total. The third-order valence-electron chi connectivity index (χ3n) is 5.21. The highest BCUT2D eigenvalue weighted by Gasteiger charge is 2.44. The summed E-state index contributed by atoms with van der Waals surface area (Å²) in [5.41, 5.74) is 0.536. The fraction of sp³-hybridized carbons (Fsp3) is 0.450. The molecule has 2 aliphatic heterocycles. The minimum absolute atomic E-state index is 0.00585. The van der Waals surface area contributed by atoms with E-state index < -0.39 is 5.60 Å². The summed E-state index contributed by atoms with van der Waals surface area (Å²) in [5.74, 6) is 0.615. The van der Waals surface area contributed by atoms with Gasteiger partial charge in [0.05, 0.1) is 49.4 Å². The second kappa shape index (κ2) is 8.51. The molecule has 2 fully saturated rings. The molecular weight excluding hydrogens is 372 g/mol. The van der Waals surface area contributed by atoms with Crippen LogP contribution in [0.25, 0.3) is 0 Å². The maximum absolute atomic E-state index is 12.8. The molecule has 0 saturated carbocycles. The average Bonchev–Trinajstić information content (AvgIpc) is 3.05. The van der Waals surface area contributed by atoms with E-state index in [9.17, 15) is 4.79 Å². The second-order valence-electron chi connectivity index (χ2n) is 7.30. The van der Waals surface area contributed by atoms with Gasteiger partial charge in [-0.25, -0.2) is 4.98 Å². The zero-order valence-electron chi connectivity index (χ0n) is 16.0. The van der Waals surface area contributed by atoms with E-state index in [1.54, 1.807) is 23.1 Å². The average molecular weight is 394 g/mol. The molecule has 2 aromatic rings. The van der Waals surface area contributed by atoms with E-state index >= 15 is 0 Å². The molecule has 0 aromatic carbocycles. The zero-order valence-corrected chi connectivity index (χ0v) is 16.0. The van der Waals surface area contributed by atoms with Gasteiger partial charge in [-0.3, -0.25) is 4.79 Å². The third kappa shape index (κ3) is 4.50. The summed E-state index contributed by atoms with van der Waals surface area (Å²) in [4.78, 5) is 18.8. The fourth-order valence-electron chi connectivity index (χ4n) is 3.72. The first kappa shape index (κ1) is 19.2. The Hall–Kier alpha value is -3.09. The molecule has 150 valence electrons. The van der Waals surface area contributed by atoms with E-state index in [4.69, 9.17) is 14.7 Å². The van der Waals surface area contributed by atoms with Crippen molar-refractivity contribution in [3.63, 3.8) is 0 Å². The first-order chi connectivity index (χ1) is 14.2. The van der Waals surface area contributed by atoms with E-state index in [0.717, 1.165) is 12.8 Å². The lowest BCUT2D eigenvalue weighted by molar-refractivity contribution is -0.0802. The quantitative estimate of drug-likeness (QED) is 0.824. The van der Waals surface area contributed by atoms with Gasteiger partial charge in [-0.15, -0.1) is 0 Å². The highest BCUT2D eigenvalue weighted by Crippen LogP contribution is 2.33. The van der Waals surface area contributed by atoms with Crippen molar-refractivity contribution in [2.75, 3.05) is 38.2 Å². The number of rotatable bonds is 4. The van der Waals surface area contributed by atoms with Crippen molar-refractivity contribution >= 4 is 11.7 Å². The summed E-state index contributed by atoms with van der Waals surface area (Å²) in [6, 6.07) is 7.22. The van der Waals surface area contributed by atoms with E-state index in [1.165, 1.54) is 18.6 Å². The molecule has 4 rings (SSSR count). The molecule has 1 spiro atoms. The fourth-order valence-corrected chi connectivity index (χ4v) is 3.72. The van der Waals surface area contributed by atoms with Crippen LogP contribution in [-0.2, 0) is 9.47 Å². The first-order valence-electron chi connectivity index (χ1n) is 9.59. The summed E-state index contributed by atoms with van der Waals surface area (Å²) >= 11 is 0. The summed E-state index contributed by atoms with van der Waals surface area (Å²) in [7, 11) is 0. The third-order valence-corrected chi connectivity index (χ3v) is 5.21. The van der Waals surface area contributed by atoms with Gasteiger partial charge in [0.15, 0.2) is 0 Å². The van der Waals surface area contributed by atoms with Crippen molar-refractivity contribution in [3.05, 3.63) is 47.9 Å². The molecule has 9 heteroatoms. The topological polar surface area (TPSA) is 113 Å². The van der Waals surface area contributed by atoms with Gasteiger partial charge in [-0.1, -0.05) is 0 Å². The summed E-state index contributed by atoms with van der Waals surface area (Å²) in [6.07, 6.45) is 6.21. The number of nitriles is 1. The molecule has 2 atom stereocenters. The maximum atomic E-state index is 12.8. The van der Waals surface area contributed by atoms with Crippen molar-refractivity contribution < 1.29 is 14.3 Å². The Balaban J connectivity index is 1.37. The van der Waals surface area contributed by atoms with Crippen LogP contribution in [0.4, 0.5) is 5.82 Å². The number of ether oxygens (including phenoxy) is 2. The first-order valence-corrected chi connectivity index (χ1v) is 9.59. The molecule has 1 amide bonds. The molecule has 2 aliphatic rings. The van der Waals surface area contributed by atoms with Gasteiger partial charge >= 0.3 is 0 Å². The van der Waals surface area contributed by atoms with Crippen LogP contribution < -0.4 is 5.32 Å². The molecule has 0 bridgehead atoms. The summed E-state index contributed by atoms with van der Waals surface area (Å²) in [6.45, 7) is 2.55. The molecule has 2 saturated heterocycles. The number of anilines is 1. The number of pyridine rings is 1. The maximum Gasteiger partial charge on any atom is 0.255 e. The Kier molecular flexibility index (Phi) is 5.64. The van der Waals surface area contributed by atoms with Crippen molar-refractivity contribution in [2.24, 2.45) is 0 Å². The SMILES string of the molecule is N#Cc1ccc(NC[C@@H]2CC[C@]3(COCCN(C(=O)c4ccnnc4)C3)O2)nc1. The monoisotopic (exact) mass is 394 g/mol. The van der Waals surface area contributed by atoms with E-state index in [-0.39, 0.29) is 12.0 Å². The van der Waals surface area contributed by atoms with Crippen LogP contribution in [0, 0.1) is 11.3 Å². The van der Waals surface area contributed by atoms with E-state index in [2.05, 4.69) is 26.6 Å². The molecular formula is C20H22N6O3. The van der Waals surface area contributed by atoms with Crippen molar-refractivity contribution in [3.8, 4) is 6.07 Å². The van der Waals surface area contributed by atoms with Gasteiger partial charge in [-0.05, 0) is 31.0 Å². The number of carbonyl (C=O) groups is 1. The Morgan fingerprint density at radius 1 is 1.34 bits per heavy atom. The number of hydrogen-bond acceptors (Lipinski definition) is 8. The predicted octanol–water partition coefficient (Wildman–Crippen LogP) is 1.25. The Morgan fingerprint density at radius 3 is 3.03 bits per heavy atom. The molecule has 29 heavy (non-hydrogen) atoms. The van der Waals surface area contributed by atoms with Crippen LogP contribution in [0.2, 0.25) is 0 Å². The van der Waals surface area contributed by atoms with Crippen LogP contribution in [0.5, 0.6) is 0 Å². The molecule has 2 aromatic heterocycles. The predicted molar refractivity (Wildman–Crippen MR) is 103 cm³/mol. The largest absolute Gasteiger partial charge is 0.377 e. The van der Waals surface area contributed by atoms with Crippen LogP contribution >= 0.6 is 0 Å². The lowest BCUT2D eigenvalue weighted by Crippen LogP contribution is -2.47. The highest BCUT2D eigenvalue weighted by atomic mass is 16.6. The number of aromatic nitrogens is 3. The standard InChI is InChI=1S/C20H22N6O3/c21-9-15-1-2-18(22-10-15)23-12-17-3-5-20(29-17)13-26(7-8-28-14-20)19(27)16-4-6-24-25-11-16/h1-2,4,6,10-11,17H,3,5,7-8,12-14H2,(H,22,23)/t17-,20-/m0/s1. The molecule has 0 unspecified atom stereocenters. The van der Waals surface area contributed by atoms with Crippen molar-refractivity contribution in [2.45, 2.75) is 24.5 Å². The Morgan fingerprint density at radius 2 is 2.28 bits per heavy atom. The van der Waals surface area contributed by atoms with Crippen LogP contribution in [0.3, 0.4) is 0 Å². The van der Waals surface area contributed by atoms with Crippen LogP contribution in [0.1, 0.15) is 28.8 Å². The number of amides is 1. The molecule has 0 radical (unpaired) electrons. The van der Waals surface area contributed by atoms with Gasteiger partial charge < -0.3 is 19.7 Å². The lowest BCUT2D eigenvalue weighted by atomic mass is 10.00. The van der Waals surface area contributed by atoms with Gasteiger partial charge in [0.1, 0.15) is 17.5 Å². The summed E-state index contributed by atoms with van der Waals surface area (Å²) < 4.78 is 12.1. The van der Waals surface area contributed by atoms with Crippen molar-refractivity contribution in [1.82, 2.24) is 20.1 Å². The van der Waals surface area contributed by atoms with Crippen LogP contribution in [0.15, 0.2) is 36.8 Å². The highest BCUT2D eigenvalue weighted by molar-refractivity contribution is 5.93. The number of carbonyl (C=O) groups excluding carboxylic acids is 1. The zero-order chi connectivity index (χ0) is 20.1. The molecule has 0 aliphatic carbocycles. The summed E-state index contributed by atoms with van der Waals surface area (Å²) in [5, 5.41) is 19.6. The molecule has 4 heterocycles. The second-order valence-corrected chi connectivity index (χ2v) is 7.30. The Labute approximate surface area is 168 Å². The minimum Gasteiger partial charge on any atom is -0.377 e. The smallest absolute Gasteiger partial charge is 0.255 e. The molecule has 9 nitrogen and oxygen atoms in total. The van der Waals surface area contributed by atoms with Gasteiger partial charge in [0.25, 0.3) is 5.91 Å². The Bertz CT molecular complexity index is 885. The lowest BCUT2D eigenvalue weighted by Gasteiger charge is -2.32. The minimum atomic E-state index is -0.503. The van der Waals surface area contributed by atoms with Gasteiger partial charge in [0, 0.05) is 19.3 Å². The van der Waals surface area contributed by atoms with Crippen LogP contribution in [-0.4, -0.2) is 70.5 Å². The normalized spacial score (nSPS) is 24.1.